The van der Waals surface area contributed by atoms with Gasteiger partial charge in [0.05, 0.1) is 6.54 Å². The molecule has 0 radical (unpaired) electrons. The molecule has 0 atom stereocenters. The van der Waals surface area contributed by atoms with Gasteiger partial charge in [0, 0.05) is 5.92 Å². The summed E-state index contributed by atoms with van der Waals surface area (Å²) in [6.07, 6.45) is -0.560. The molecular weight excluding hydrogens is 160 g/mol. The highest BCUT2D eigenvalue weighted by atomic mass is 16.6. The van der Waals surface area contributed by atoms with E-state index in [0.717, 1.165) is 0 Å². The number of amides is 2. The minimum atomic E-state index is -0.560. The summed E-state index contributed by atoms with van der Waals surface area (Å²) in [6.45, 7) is 4.25. The molecule has 1 heterocycles. The zero-order valence-electron chi connectivity index (χ0n) is 7.16. The van der Waals surface area contributed by atoms with Crippen LogP contribution in [0.15, 0.2) is 0 Å². The monoisotopic (exact) mass is 172 g/mol. The summed E-state index contributed by atoms with van der Waals surface area (Å²) in [4.78, 5) is 22.0. The summed E-state index contributed by atoms with van der Waals surface area (Å²) < 4.78 is 4.59. The Morgan fingerprint density at radius 2 is 2.33 bits per heavy atom. The lowest BCUT2D eigenvalue weighted by Crippen LogP contribution is -2.53. The zero-order chi connectivity index (χ0) is 9.14. The lowest BCUT2D eigenvalue weighted by atomic mass is 10.2. The number of rotatable bonds is 1. The molecule has 0 saturated carbocycles. The van der Waals surface area contributed by atoms with E-state index in [1.165, 1.54) is 5.01 Å². The Kier molecular flexibility index (Phi) is 2.52. The molecule has 0 aromatic rings. The van der Waals surface area contributed by atoms with E-state index in [2.05, 4.69) is 10.2 Å². The van der Waals surface area contributed by atoms with E-state index < -0.39 is 6.09 Å². The van der Waals surface area contributed by atoms with Gasteiger partial charge in [-0.05, 0) is 0 Å². The number of hydrogen-bond donors (Lipinski definition) is 1. The fourth-order valence-electron chi connectivity index (χ4n) is 0.905. The Bertz CT molecular complexity index is 203. The molecule has 1 aliphatic heterocycles. The van der Waals surface area contributed by atoms with Gasteiger partial charge in [-0.1, -0.05) is 13.8 Å². The molecule has 0 aromatic carbocycles. The van der Waals surface area contributed by atoms with Crippen LogP contribution in [0, 0.1) is 5.92 Å². The maximum Gasteiger partial charge on any atom is 0.426 e. The van der Waals surface area contributed by atoms with Crippen LogP contribution in [0.2, 0.25) is 0 Å². The van der Waals surface area contributed by atoms with Crippen molar-refractivity contribution < 1.29 is 14.3 Å². The van der Waals surface area contributed by atoms with Crippen molar-refractivity contribution >= 4 is 12.0 Å². The second-order valence-corrected chi connectivity index (χ2v) is 2.89. The molecule has 1 rings (SSSR count). The van der Waals surface area contributed by atoms with Gasteiger partial charge in [0.15, 0.2) is 0 Å². The molecule has 1 N–H and O–H groups in total. The van der Waals surface area contributed by atoms with Crippen LogP contribution in [0.3, 0.4) is 0 Å². The Balaban J connectivity index is 2.51. The van der Waals surface area contributed by atoms with Crippen LogP contribution >= 0.6 is 0 Å². The highest BCUT2D eigenvalue weighted by molar-refractivity contribution is 5.81. The van der Waals surface area contributed by atoms with Crippen molar-refractivity contribution in [2.75, 3.05) is 13.2 Å². The van der Waals surface area contributed by atoms with Gasteiger partial charge >= 0.3 is 6.09 Å². The molecule has 0 aliphatic carbocycles. The Hall–Kier alpha value is -1.26. The average Bonchev–Trinajstić information content (AvgIpc) is 2.03. The van der Waals surface area contributed by atoms with Crippen molar-refractivity contribution in [2.45, 2.75) is 13.8 Å². The predicted octanol–water partition coefficient (Wildman–Crippen LogP) is 0.126. The number of cyclic esters (lactones) is 1. The van der Waals surface area contributed by atoms with Gasteiger partial charge in [-0.15, -0.1) is 0 Å². The molecule has 1 aliphatic rings. The van der Waals surface area contributed by atoms with Crippen LogP contribution in [0.4, 0.5) is 4.79 Å². The standard InChI is InChI=1S/C7H12N2O3/c1-5(2)6(10)9-3-4-12-7(11)8-9/h5H,3-4H2,1-2H3,(H,8,11). The summed E-state index contributed by atoms with van der Waals surface area (Å²) in [5.41, 5.74) is 2.32. The van der Waals surface area contributed by atoms with E-state index in [9.17, 15) is 9.59 Å². The van der Waals surface area contributed by atoms with Gasteiger partial charge < -0.3 is 4.74 Å². The van der Waals surface area contributed by atoms with E-state index >= 15 is 0 Å². The zero-order valence-corrected chi connectivity index (χ0v) is 7.16. The van der Waals surface area contributed by atoms with E-state index in [1.807, 2.05) is 0 Å². The molecule has 1 saturated heterocycles. The van der Waals surface area contributed by atoms with Crippen molar-refractivity contribution in [2.24, 2.45) is 5.92 Å². The van der Waals surface area contributed by atoms with Gasteiger partial charge in [-0.2, -0.15) is 0 Å². The highest BCUT2D eigenvalue weighted by Gasteiger charge is 2.23. The van der Waals surface area contributed by atoms with Gasteiger partial charge in [-0.3, -0.25) is 4.79 Å². The second-order valence-electron chi connectivity index (χ2n) is 2.89. The van der Waals surface area contributed by atoms with E-state index in [1.54, 1.807) is 13.8 Å². The normalized spacial score (nSPS) is 17.2. The van der Waals surface area contributed by atoms with E-state index in [-0.39, 0.29) is 18.4 Å². The number of carbonyl (C=O) groups is 2. The fourth-order valence-corrected chi connectivity index (χ4v) is 0.905. The number of hydrogen-bond acceptors (Lipinski definition) is 3. The van der Waals surface area contributed by atoms with Gasteiger partial charge in [0.1, 0.15) is 6.61 Å². The maximum atomic E-state index is 11.3. The maximum absolute atomic E-state index is 11.3. The fraction of sp³-hybridized carbons (Fsp3) is 0.714. The molecule has 5 nitrogen and oxygen atoms in total. The average molecular weight is 172 g/mol. The van der Waals surface area contributed by atoms with Crippen molar-refractivity contribution in [3.63, 3.8) is 0 Å². The SMILES string of the molecule is CC(C)C(=O)N1CCOC(=O)N1. The molecule has 1 fully saturated rings. The smallest absolute Gasteiger partial charge is 0.426 e. The molecule has 0 unspecified atom stereocenters. The van der Waals surface area contributed by atoms with Crippen LogP contribution < -0.4 is 5.43 Å². The summed E-state index contributed by atoms with van der Waals surface area (Å²) in [5.74, 6) is -0.199. The third-order valence-corrected chi connectivity index (χ3v) is 1.53. The van der Waals surface area contributed by atoms with Crippen molar-refractivity contribution in [3.05, 3.63) is 0 Å². The Morgan fingerprint density at radius 1 is 1.67 bits per heavy atom. The lowest BCUT2D eigenvalue weighted by Gasteiger charge is -2.28. The third kappa shape index (κ3) is 1.87. The van der Waals surface area contributed by atoms with E-state index in [0.29, 0.717) is 6.54 Å². The minimum absolute atomic E-state index is 0.0911. The molecule has 2 amide bonds. The molecule has 12 heavy (non-hydrogen) atoms. The van der Waals surface area contributed by atoms with Crippen molar-refractivity contribution in [1.82, 2.24) is 10.4 Å². The van der Waals surface area contributed by atoms with Crippen molar-refractivity contribution in [3.8, 4) is 0 Å². The molecule has 0 spiro atoms. The van der Waals surface area contributed by atoms with Crippen LogP contribution in [0.25, 0.3) is 0 Å². The highest BCUT2D eigenvalue weighted by Crippen LogP contribution is 2.01. The largest absolute Gasteiger partial charge is 0.446 e. The number of nitrogens with zero attached hydrogens (tertiary/aromatic N) is 1. The Morgan fingerprint density at radius 3 is 2.83 bits per heavy atom. The summed E-state index contributed by atoms with van der Waals surface area (Å²) in [5, 5.41) is 1.29. The minimum Gasteiger partial charge on any atom is -0.446 e. The first-order chi connectivity index (χ1) is 5.61. The number of ether oxygens (including phenoxy) is 1. The van der Waals surface area contributed by atoms with Crippen LogP contribution in [-0.4, -0.2) is 30.2 Å². The number of hydrazine groups is 1. The van der Waals surface area contributed by atoms with Crippen LogP contribution in [0.1, 0.15) is 13.8 Å². The number of nitrogens with one attached hydrogen (secondary N) is 1. The lowest BCUT2D eigenvalue weighted by molar-refractivity contribution is -0.139. The quantitative estimate of drug-likeness (QED) is 0.611. The van der Waals surface area contributed by atoms with Gasteiger partial charge in [-0.25, -0.2) is 15.2 Å². The summed E-state index contributed by atoms with van der Waals surface area (Å²) in [7, 11) is 0. The Labute approximate surface area is 70.6 Å². The predicted molar refractivity (Wildman–Crippen MR) is 41.0 cm³/mol. The molecule has 5 heteroatoms. The topological polar surface area (TPSA) is 58.6 Å². The van der Waals surface area contributed by atoms with Crippen LogP contribution in [-0.2, 0) is 9.53 Å². The van der Waals surface area contributed by atoms with Crippen molar-refractivity contribution in [1.29, 1.82) is 0 Å². The summed E-state index contributed by atoms with van der Waals surface area (Å²) in [6, 6.07) is 0. The molecule has 0 bridgehead atoms. The number of carbonyl (C=O) groups excluding carboxylic acids is 2. The molecule has 0 aromatic heterocycles. The van der Waals surface area contributed by atoms with Gasteiger partial charge in [0.25, 0.3) is 0 Å². The summed E-state index contributed by atoms with van der Waals surface area (Å²) >= 11 is 0. The first kappa shape index (κ1) is 8.83. The first-order valence-corrected chi connectivity index (χ1v) is 3.86. The van der Waals surface area contributed by atoms with Crippen LogP contribution in [0.5, 0.6) is 0 Å². The third-order valence-electron chi connectivity index (χ3n) is 1.53. The van der Waals surface area contributed by atoms with Gasteiger partial charge in [0.2, 0.25) is 5.91 Å². The molecular formula is C7H12N2O3. The second kappa shape index (κ2) is 3.42. The molecule has 68 valence electrons. The first-order valence-electron chi connectivity index (χ1n) is 3.86. The van der Waals surface area contributed by atoms with E-state index in [4.69, 9.17) is 0 Å².